The second kappa shape index (κ2) is 14.0. The molecular weight excluding hydrogens is 566 g/mol. The molecule has 4 rings (SSSR count). The molecule has 0 aromatic heterocycles. The van der Waals surface area contributed by atoms with Gasteiger partial charge in [0.05, 0.1) is 26.1 Å². The Morgan fingerprint density at radius 1 is 1.00 bits per heavy atom. The Balaban J connectivity index is 1.56. The van der Waals surface area contributed by atoms with Crippen molar-refractivity contribution < 1.29 is 29.0 Å². The molecule has 3 aromatic carbocycles. The van der Waals surface area contributed by atoms with Crippen molar-refractivity contribution in [1.82, 2.24) is 15.5 Å². The maximum absolute atomic E-state index is 13.9. The van der Waals surface area contributed by atoms with Crippen molar-refractivity contribution in [2.24, 2.45) is 0 Å². The first-order valence-corrected chi connectivity index (χ1v) is 15.1. The van der Waals surface area contributed by atoms with Crippen LogP contribution in [0.15, 0.2) is 72.8 Å². The van der Waals surface area contributed by atoms with Crippen molar-refractivity contribution in [2.45, 2.75) is 56.7 Å². The first kappa shape index (κ1) is 31.9. The Morgan fingerprint density at radius 2 is 1.67 bits per heavy atom. The Hall–Kier alpha value is -4.02. The quantitative estimate of drug-likeness (QED) is 0.305. The summed E-state index contributed by atoms with van der Waals surface area (Å²) in [6.45, 7) is 6.13. The maximum atomic E-state index is 13.9. The highest BCUT2D eigenvalue weighted by molar-refractivity contribution is 8.00. The summed E-state index contributed by atoms with van der Waals surface area (Å²) in [7, 11) is 2.98. The predicted molar refractivity (Wildman–Crippen MR) is 167 cm³/mol. The van der Waals surface area contributed by atoms with E-state index in [2.05, 4.69) is 10.6 Å². The Kier molecular flexibility index (Phi) is 10.4. The van der Waals surface area contributed by atoms with E-state index in [9.17, 15) is 19.5 Å². The van der Waals surface area contributed by atoms with Gasteiger partial charge < -0.3 is 30.1 Å². The van der Waals surface area contributed by atoms with Crippen molar-refractivity contribution in [3.63, 3.8) is 0 Å². The van der Waals surface area contributed by atoms with Crippen LogP contribution in [0.1, 0.15) is 40.9 Å². The summed E-state index contributed by atoms with van der Waals surface area (Å²) in [4.78, 5) is 42.2. The van der Waals surface area contributed by atoms with E-state index in [1.54, 1.807) is 12.1 Å². The van der Waals surface area contributed by atoms with E-state index < -0.39 is 34.7 Å². The molecule has 1 fully saturated rings. The molecule has 0 bridgehead atoms. The van der Waals surface area contributed by atoms with Crippen molar-refractivity contribution >= 4 is 29.5 Å². The van der Waals surface area contributed by atoms with E-state index in [1.165, 1.54) is 36.9 Å². The third-order valence-corrected chi connectivity index (χ3v) is 9.06. The van der Waals surface area contributed by atoms with Gasteiger partial charge in [-0.15, -0.1) is 11.8 Å². The number of thioether (sulfide) groups is 1. The smallest absolute Gasteiger partial charge is 0.254 e. The average molecular weight is 606 g/mol. The van der Waals surface area contributed by atoms with Gasteiger partial charge in [0, 0.05) is 16.9 Å². The monoisotopic (exact) mass is 605 g/mol. The lowest BCUT2D eigenvalue weighted by atomic mass is 9.96. The lowest BCUT2D eigenvalue weighted by molar-refractivity contribution is -0.147. The molecule has 3 N–H and O–H groups in total. The molecule has 43 heavy (non-hydrogen) atoms. The van der Waals surface area contributed by atoms with Gasteiger partial charge in [-0.2, -0.15) is 0 Å². The Bertz CT molecular complexity index is 1450. The fourth-order valence-corrected chi connectivity index (χ4v) is 6.32. The minimum Gasteiger partial charge on any atom is -0.493 e. The molecule has 3 amide bonds. The summed E-state index contributed by atoms with van der Waals surface area (Å²) in [6.07, 6.45) is -1.41. The predicted octanol–water partition coefficient (Wildman–Crippen LogP) is 3.71. The number of rotatable bonds is 11. The van der Waals surface area contributed by atoms with Gasteiger partial charge in [-0.1, -0.05) is 54.6 Å². The van der Waals surface area contributed by atoms with Crippen LogP contribution in [0.5, 0.6) is 11.5 Å². The number of hydrogen-bond acceptors (Lipinski definition) is 7. The molecule has 1 saturated heterocycles. The van der Waals surface area contributed by atoms with Crippen LogP contribution in [0.4, 0.5) is 0 Å². The van der Waals surface area contributed by atoms with E-state index in [0.717, 1.165) is 16.7 Å². The minimum atomic E-state index is -1.61. The first-order valence-electron chi connectivity index (χ1n) is 14.1. The third kappa shape index (κ3) is 7.50. The highest BCUT2D eigenvalue weighted by Crippen LogP contribution is 2.40. The topological polar surface area (TPSA) is 117 Å². The molecule has 1 aliphatic heterocycles. The molecule has 1 aliphatic rings. The summed E-state index contributed by atoms with van der Waals surface area (Å²) in [5.41, 5.74) is 3.15. The van der Waals surface area contributed by atoms with Crippen molar-refractivity contribution in [2.75, 3.05) is 20.1 Å². The number of carbonyl (C=O) groups is 3. The summed E-state index contributed by atoms with van der Waals surface area (Å²) < 4.78 is 10.0. The van der Waals surface area contributed by atoms with Crippen LogP contribution in [-0.2, 0) is 22.6 Å². The molecular formula is C33H39N3O6S. The highest BCUT2D eigenvalue weighted by atomic mass is 32.2. The van der Waals surface area contributed by atoms with Crippen LogP contribution in [0.2, 0.25) is 0 Å². The van der Waals surface area contributed by atoms with E-state index in [1.807, 2.05) is 75.4 Å². The van der Waals surface area contributed by atoms with Gasteiger partial charge in [-0.25, -0.2) is 0 Å². The second-order valence-corrected chi connectivity index (χ2v) is 12.6. The maximum Gasteiger partial charge on any atom is 0.254 e. The summed E-state index contributed by atoms with van der Waals surface area (Å²) in [6, 6.07) is 20.0. The van der Waals surface area contributed by atoms with E-state index in [4.69, 9.17) is 9.47 Å². The van der Waals surface area contributed by atoms with Crippen molar-refractivity contribution in [1.29, 1.82) is 0 Å². The van der Waals surface area contributed by atoms with E-state index in [0.29, 0.717) is 18.0 Å². The van der Waals surface area contributed by atoms with Crippen LogP contribution in [-0.4, -0.2) is 70.8 Å². The molecule has 3 aromatic rings. The molecule has 1 heterocycles. The lowest BCUT2D eigenvalue weighted by Gasteiger charge is -2.33. The van der Waals surface area contributed by atoms with Gasteiger partial charge in [0.25, 0.3) is 11.8 Å². The van der Waals surface area contributed by atoms with Crippen LogP contribution in [0, 0.1) is 6.92 Å². The van der Waals surface area contributed by atoms with Crippen LogP contribution >= 0.6 is 11.8 Å². The van der Waals surface area contributed by atoms with Gasteiger partial charge in [0.1, 0.15) is 6.04 Å². The normalized spacial score (nSPS) is 17.1. The largest absolute Gasteiger partial charge is 0.493 e. The van der Waals surface area contributed by atoms with Gasteiger partial charge in [-0.3, -0.25) is 14.4 Å². The van der Waals surface area contributed by atoms with Gasteiger partial charge in [-0.05, 0) is 62.1 Å². The van der Waals surface area contributed by atoms with Crippen LogP contribution < -0.4 is 20.1 Å². The zero-order chi connectivity index (χ0) is 31.1. The fraction of sp³-hybridized carbons (Fsp3) is 0.364. The molecule has 0 aliphatic carbocycles. The highest BCUT2D eigenvalue weighted by Gasteiger charge is 2.49. The Morgan fingerprint density at radius 3 is 2.35 bits per heavy atom. The number of nitrogens with zero attached hydrogens (tertiary/aromatic N) is 1. The molecule has 0 spiro atoms. The summed E-state index contributed by atoms with van der Waals surface area (Å²) in [5.74, 6) is -0.335. The number of benzene rings is 3. The standard InChI is InChI=1S/C33H39N3O6S/c1-21-11-9-10-14-24(21)19-34-31(39)29-33(2,3)43-20-36(29)32(40)28(37)25(17-22-12-7-6-8-13-22)35-30(38)23-15-16-26(41-4)27(18-23)42-5/h6-16,18,25,28-29,37H,17,19-20H2,1-5H3,(H,34,39)(H,35,38)/t25-,28-,29+/m0/s1. The number of aliphatic hydroxyl groups excluding tert-OH is 1. The van der Waals surface area contributed by atoms with Crippen LogP contribution in [0.3, 0.4) is 0 Å². The number of amides is 3. The zero-order valence-electron chi connectivity index (χ0n) is 25.1. The third-order valence-electron chi connectivity index (χ3n) is 7.69. The Labute approximate surface area is 257 Å². The number of methoxy groups -OCH3 is 2. The minimum absolute atomic E-state index is 0.196. The average Bonchev–Trinajstić information content (AvgIpc) is 3.34. The SMILES string of the molecule is COc1ccc(C(=O)N[C@@H](Cc2ccccc2)[C@H](O)C(=O)N2CSC(C)(C)[C@H]2C(=O)NCc2ccccc2C)cc1OC. The number of nitrogens with one attached hydrogen (secondary N) is 2. The number of carbonyl (C=O) groups excluding carboxylic acids is 3. The van der Waals surface area contributed by atoms with Gasteiger partial charge in [0.15, 0.2) is 17.6 Å². The second-order valence-electron chi connectivity index (χ2n) is 11.0. The molecule has 10 heteroatoms. The van der Waals surface area contributed by atoms with E-state index in [-0.39, 0.29) is 23.8 Å². The lowest BCUT2D eigenvalue weighted by Crippen LogP contribution is -2.58. The fourth-order valence-electron chi connectivity index (χ4n) is 5.18. The molecule has 9 nitrogen and oxygen atoms in total. The summed E-state index contributed by atoms with van der Waals surface area (Å²) in [5, 5.41) is 17.3. The zero-order valence-corrected chi connectivity index (χ0v) is 25.9. The van der Waals surface area contributed by atoms with Gasteiger partial charge in [0.2, 0.25) is 5.91 Å². The molecule has 228 valence electrons. The first-order chi connectivity index (χ1) is 20.6. The number of hydrogen-bond donors (Lipinski definition) is 3. The van der Waals surface area contributed by atoms with Gasteiger partial charge >= 0.3 is 0 Å². The van der Waals surface area contributed by atoms with Crippen molar-refractivity contribution in [3.8, 4) is 11.5 Å². The number of aryl methyl sites for hydroxylation is 1. The molecule has 3 atom stereocenters. The number of ether oxygens (including phenoxy) is 2. The van der Waals surface area contributed by atoms with E-state index >= 15 is 0 Å². The summed E-state index contributed by atoms with van der Waals surface area (Å²) >= 11 is 1.47. The molecule has 0 radical (unpaired) electrons. The number of aliphatic hydroxyl groups is 1. The van der Waals surface area contributed by atoms with Crippen LogP contribution in [0.25, 0.3) is 0 Å². The molecule has 0 unspecified atom stereocenters. The van der Waals surface area contributed by atoms with Crippen molar-refractivity contribution in [3.05, 3.63) is 95.1 Å². The molecule has 0 saturated carbocycles.